The summed E-state index contributed by atoms with van der Waals surface area (Å²) in [5.41, 5.74) is 0.675. The Bertz CT molecular complexity index is 724. The smallest absolute Gasteiger partial charge is 0.225 e. The summed E-state index contributed by atoms with van der Waals surface area (Å²) in [5.74, 6) is -0.0915. The number of nitrogens with one attached hydrogen (secondary N) is 1. The second kappa shape index (κ2) is 8.07. The molecule has 2 heterocycles. The van der Waals surface area contributed by atoms with Crippen LogP contribution in [0.25, 0.3) is 0 Å². The molecule has 0 spiro atoms. The summed E-state index contributed by atoms with van der Waals surface area (Å²) in [5, 5.41) is 2.86. The first kappa shape index (κ1) is 17.4. The molecule has 0 saturated carbocycles. The van der Waals surface area contributed by atoms with E-state index in [4.69, 9.17) is 9.47 Å². The number of carbonyl (C=O) groups is 1. The van der Waals surface area contributed by atoms with Gasteiger partial charge in [-0.15, -0.1) is 0 Å². The molecule has 1 aromatic heterocycles. The summed E-state index contributed by atoms with van der Waals surface area (Å²) in [4.78, 5) is 16.2. The third-order valence-corrected chi connectivity index (χ3v) is 4.27. The minimum Gasteiger partial charge on any atom is -0.453 e. The molecule has 1 aromatic carbocycles. The molecule has 0 radical (unpaired) electrons. The Kier molecular flexibility index (Phi) is 5.60. The number of hydrogen-bond acceptors (Lipinski definition) is 4. The van der Waals surface area contributed by atoms with E-state index < -0.39 is 5.82 Å². The highest BCUT2D eigenvalue weighted by Crippen LogP contribution is 2.25. The fourth-order valence-electron chi connectivity index (χ4n) is 2.86. The van der Waals surface area contributed by atoms with Crippen molar-refractivity contribution in [1.29, 1.82) is 0 Å². The van der Waals surface area contributed by atoms with Crippen molar-refractivity contribution in [3.05, 3.63) is 54.1 Å². The lowest BCUT2D eigenvalue weighted by molar-refractivity contribution is -0.133. The molecule has 1 saturated heterocycles. The third kappa shape index (κ3) is 4.54. The van der Waals surface area contributed by atoms with E-state index in [1.165, 1.54) is 12.3 Å². The van der Waals surface area contributed by atoms with Crippen molar-refractivity contribution in [3.8, 4) is 11.5 Å². The Balaban J connectivity index is 1.58. The Morgan fingerprint density at radius 2 is 2.32 bits per heavy atom. The minimum absolute atomic E-state index is 0.0525. The van der Waals surface area contributed by atoms with Gasteiger partial charge in [0.15, 0.2) is 11.6 Å². The van der Waals surface area contributed by atoms with Crippen LogP contribution in [0.4, 0.5) is 4.39 Å². The topological polar surface area (TPSA) is 60.5 Å². The van der Waals surface area contributed by atoms with Crippen molar-refractivity contribution in [3.63, 3.8) is 0 Å². The highest BCUT2D eigenvalue weighted by Gasteiger charge is 2.28. The van der Waals surface area contributed by atoms with Gasteiger partial charge in [0.05, 0.1) is 18.2 Å². The molecule has 0 aliphatic carbocycles. The van der Waals surface area contributed by atoms with Crippen molar-refractivity contribution in [2.45, 2.75) is 32.4 Å². The molecule has 132 valence electrons. The van der Waals surface area contributed by atoms with Crippen molar-refractivity contribution >= 4 is 5.91 Å². The summed E-state index contributed by atoms with van der Waals surface area (Å²) in [6.45, 7) is 2.88. The first-order valence-electron chi connectivity index (χ1n) is 8.39. The van der Waals surface area contributed by atoms with Crippen molar-refractivity contribution < 1.29 is 18.7 Å². The average Bonchev–Trinajstić information content (AvgIpc) is 2.63. The zero-order valence-corrected chi connectivity index (χ0v) is 14.1. The van der Waals surface area contributed by atoms with E-state index >= 15 is 0 Å². The van der Waals surface area contributed by atoms with Crippen molar-refractivity contribution in [2.24, 2.45) is 5.92 Å². The van der Waals surface area contributed by atoms with E-state index in [9.17, 15) is 9.18 Å². The molecule has 1 amide bonds. The number of ether oxygens (including phenoxy) is 2. The van der Waals surface area contributed by atoms with Crippen LogP contribution < -0.4 is 10.1 Å². The van der Waals surface area contributed by atoms with Crippen LogP contribution in [0, 0.1) is 11.7 Å². The number of nitrogens with zero attached hydrogens (tertiary/aromatic N) is 1. The Morgan fingerprint density at radius 1 is 1.44 bits per heavy atom. The van der Waals surface area contributed by atoms with Gasteiger partial charge in [0.25, 0.3) is 0 Å². The van der Waals surface area contributed by atoms with Crippen LogP contribution in [0.15, 0.2) is 42.7 Å². The zero-order valence-electron chi connectivity index (χ0n) is 14.1. The van der Waals surface area contributed by atoms with E-state index in [2.05, 4.69) is 10.3 Å². The van der Waals surface area contributed by atoms with Gasteiger partial charge in [-0.05, 0) is 49.6 Å². The lowest BCUT2D eigenvalue weighted by Crippen LogP contribution is -2.39. The molecule has 2 atom stereocenters. The summed E-state index contributed by atoms with van der Waals surface area (Å²) in [6, 6.07) is 8.07. The molecule has 3 rings (SSSR count). The van der Waals surface area contributed by atoms with Crippen LogP contribution in [0.3, 0.4) is 0 Å². The van der Waals surface area contributed by atoms with E-state index in [1.807, 2.05) is 6.92 Å². The summed E-state index contributed by atoms with van der Waals surface area (Å²) in [7, 11) is 0. The molecule has 1 fully saturated rings. The van der Waals surface area contributed by atoms with Gasteiger partial charge in [0, 0.05) is 19.3 Å². The first-order valence-corrected chi connectivity index (χ1v) is 8.39. The van der Waals surface area contributed by atoms with Gasteiger partial charge in [-0.3, -0.25) is 9.78 Å². The molecular formula is C19H21FN2O3. The highest BCUT2D eigenvalue weighted by atomic mass is 19.1. The number of aromatic nitrogens is 1. The monoisotopic (exact) mass is 344 g/mol. The molecule has 6 heteroatoms. The number of amides is 1. The second-order valence-electron chi connectivity index (χ2n) is 6.10. The zero-order chi connectivity index (χ0) is 17.6. The molecule has 1 N–H and O–H groups in total. The average molecular weight is 344 g/mol. The lowest BCUT2D eigenvalue weighted by Gasteiger charge is -2.28. The number of rotatable bonds is 5. The van der Waals surface area contributed by atoms with Crippen LogP contribution in [0.5, 0.6) is 11.5 Å². The highest BCUT2D eigenvalue weighted by molar-refractivity contribution is 5.79. The molecule has 1 aliphatic rings. The summed E-state index contributed by atoms with van der Waals surface area (Å²) >= 11 is 0. The van der Waals surface area contributed by atoms with Crippen LogP contribution >= 0.6 is 0 Å². The maximum absolute atomic E-state index is 14.2. The third-order valence-electron chi connectivity index (χ3n) is 4.27. The van der Waals surface area contributed by atoms with Crippen LogP contribution in [0.1, 0.15) is 25.3 Å². The molecule has 2 aromatic rings. The fraction of sp³-hybridized carbons (Fsp3) is 0.368. The van der Waals surface area contributed by atoms with Crippen molar-refractivity contribution in [1.82, 2.24) is 10.3 Å². The summed E-state index contributed by atoms with van der Waals surface area (Å²) in [6.07, 6.45) is 4.76. The van der Waals surface area contributed by atoms with Gasteiger partial charge >= 0.3 is 0 Å². The molecule has 25 heavy (non-hydrogen) atoms. The maximum atomic E-state index is 14.2. The van der Waals surface area contributed by atoms with E-state index in [-0.39, 0.29) is 30.2 Å². The Hall–Kier alpha value is -2.47. The number of hydrogen-bond donors (Lipinski definition) is 1. The Labute approximate surface area is 146 Å². The fourth-order valence-corrected chi connectivity index (χ4v) is 2.86. The van der Waals surface area contributed by atoms with E-state index in [0.717, 1.165) is 12.8 Å². The number of carbonyl (C=O) groups excluding carboxylic acids is 1. The first-order chi connectivity index (χ1) is 12.1. The van der Waals surface area contributed by atoms with Crippen LogP contribution in [0.2, 0.25) is 0 Å². The largest absolute Gasteiger partial charge is 0.453 e. The predicted molar refractivity (Wildman–Crippen MR) is 90.7 cm³/mol. The number of benzene rings is 1. The Morgan fingerprint density at radius 3 is 3.04 bits per heavy atom. The second-order valence-corrected chi connectivity index (χ2v) is 6.10. The van der Waals surface area contributed by atoms with Gasteiger partial charge in [-0.1, -0.05) is 6.07 Å². The van der Waals surface area contributed by atoms with Gasteiger partial charge in [-0.25, -0.2) is 4.39 Å². The standard InChI is InChI=1S/C19H21FN2O3/c1-13-16(5-3-9-24-13)19(23)22-11-14-6-7-18(17(20)10-14)25-15-4-2-8-21-12-15/h2,4,6-8,10,12-13,16H,3,5,9,11H2,1H3,(H,22,23). The van der Waals surface area contributed by atoms with Gasteiger partial charge < -0.3 is 14.8 Å². The molecular weight excluding hydrogens is 323 g/mol. The predicted octanol–water partition coefficient (Wildman–Crippen LogP) is 3.44. The molecule has 2 unspecified atom stereocenters. The number of halogens is 1. The number of pyridine rings is 1. The maximum Gasteiger partial charge on any atom is 0.225 e. The quantitative estimate of drug-likeness (QED) is 0.902. The molecule has 1 aliphatic heterocycles. The molecule has 0 bridgehead atoms. The normalized spacial score (nSPS) is 20.1. The van der Waals surface area contributed by atoms with E-state index in [1.54, 1.807) is 30.5 Å². The minimum atomic E-state index is -0.482. The lowest BCUT2D eigenvalue weighted by atomic mass is 9.94. The van der Waals surface area contributed by atoms with Gasteiger partial charge in [0.2, 0.25) is 5.91 Å². The van der Waals surface area contributed by atoms with Crippen LogP contribution in [-0.2, 0) is 16.1 Å². The van der Waals surface area contributed by atoms with Gasteiger partial charge in [0.1, 0.15) is 5.75 Å². The SMILES string of the molecule is CC1OCCCC1C(=O)NCc1ccc(Oc2cccnc2)c(F)c1. The van der Waals surface area contributed by atoms with E-state index in [0.29, 0.717) is 17.9 Å². The summed E-state index contributed by atoms with van der Waals surface area (Å²) < 4.78 is 25.2. The van der Waals surface area contributed by atoms with Crippen molar-refractivity contribution in [2.75, 3.05) is 6.61 Å². The molecule has 5 nitrogen and oxygen atoms in total. The van der Waals surface area contributed by atoms with Gasteiger partial charge in [-0.2, -0.15) is 0 Å². The van der Waals surface area contributed by atoms with Crippen LogP contribution in [-0.4, -0.2) is 23.6 Å².